The van der Waals surface area contributed by atoms with E-state index in [1.54, 1.807) is 17.5 Å². The molecule has 3 heterocycles. The normalized spacial score (nSPS) is 20.7. The number of hydrogen-bond acceptors (Lipinski definition) is 6. The Morgan fingerprint density at radius 3 is 2.81 bits per heavy atom. The molecule has 0 radical (unpaired) electrons. The molecule has 0 aliphatic carbocycles. The van der Waals surface area contributed by atoms with E-state index >= 15 is 0 Å². The van der Waals surface area contributed by atoms with E-state index < -0.39 is 0 Å². The van der Waals surface area contributed by atoms with E-state index in [0.29, 0.717) is 0 Å². The predicted molar refractivity (Wildman–Crippen MR) is 81.9 cm³/mol. The Bertz CT molecular complexity index is 467. The fourth-order valence-electron chi connectivity index (χ4n) is 2.63. The van der Waals surface area contributed by atoms with Gasteiger partial charge in [-0.15, -0.1) is 11.3 Å². The lowest BCUT2D eigenvalue weighted by atomic mass is 10.3. The van der Waals surface area contributed by atoms with Gasteiger partial charge in [0.2, 0.25) is 0 Å². The van der Waals surface area contributed by atoms with Crippen LogP contribution in [0.3, 0.4) is 0 Å². The molecule has 0 spiro atoms. The van der Waals surface area contributed by atoms with E-state index in [2.05, 4.69) is 15.2 Å². The van der Waals surface area contributed by atoms with Gasteiger partial charge in [-0.3, -0.25) is 9.69 Å². The highest BCUT2D eigenvalue weighted by Gasteiger charge is 2.20. The second kappa shape index (κ2) is 7.31. The SMILES string of the molecule is O=C(c1cnc(CCN2CCOCC2)s1)N1CCNCC1. The molecule has 2 aliphatic rings. The van der Waals surface area contributed by atoms with E-state index in [4.69, 9.17) is 4.74 Å². The van der Waals surface area contributed by atoms with Crippen LogP contribution in [0.15, 0.2) is 6.20 Å². The van der Waals surface area contributed by atoms with Gasteiger partial charge < -0.3 is 15.0 Å². The summed E-state index contributed by atoms with van der Waals surface area (Å²) in [6, 6.07) is 0. The Morgan fingerprint density at radius 1 is 1.29 bits per heavy atom. The first-order valence-electron chi connectivity index (χ1n) is 7.58. The molecule has 1 N–H and O–H groups in total. The number of nitrogens with zero attached hydrogens (tertiary/aromatic N) is 3. The maximum Gasteiger partial charge on any atom is 0.265 e. The fraction of sp³-hybridized carbons (Fsp3) is 0.714. The van der Waals surface area contributed by atoms with Crippen LogP contribution < -0.4 is 5.32 Å². The molecule has 7 heteroatoms. The standard InChI is InChI=1S/C14H22N4O2S/c19-14(18-5-2-15-3-6-18)12-11-16-13(21-12)1-4-17-7-9-20-10-8-17/h11,15H,1-10H2. The van der Waals surface area contributed by atoms with Gasteiger partial charge in [0.1, 0.15) is 4.88 Å². The molecule has 116 valence electrons. The highest BCUT2D eigenvalue weighted by atomic mass is 32.1. The summed E-state index contributed by atoms with van der Waals surface area (Å²) in [5.41, 5.74) is 0. The molecule has 1 aromatic rings. The van der Waals surface area contributed by atoms with Crippen LogP contribution in [-0.2, 0) is 11.2 Å². The van der Waals surface area contributed by atoms with Crippen LogP contribution >= 0.6 is 11.3 Å². The maximum atomic E-state index is 12.4. The van der Waals surface area contributed by atoms with Crippen molar-refractivity contribution < 1.29 is 9.53 Å². The van der Waals surface area contributed by atoms with Crippen LogP contribution in [0.1, 0.15) is 14.7 Å². The molecule has 1 amide bonds. The first kappa shape index (κ1) is 14.9. The molecule has 2 fully saturated rings. The summed E-state index contributed by atoms with van der Waals surface area (Å²) in [5.74, 6) is 0.131. The van der Waals surface area contributed by atoms with Crippen LogP contribution in [0, 0.1) is 0 Å². The van der Waals surface area contributed by atoms with E-state index in [9.17, 15) is 4.79 Å². The minimum Gasteiger partial charge on any atom is -0.379 e. The second-order valence-electron chi connectivity index (χ2n) is 5.36. The highest BCUT2D eigenvalue weighted by Crippen LogP contribution is 2.16. The third-order valence-electron chi connectivity index (χ3n) is 3.91. The highest BCUT2D eigenvalue weighted by molar-refractivity contribution is 7.13. The summed E-state index contributed by atoms with van der Waals surface area (Å²) in [7, 11) is 0. The number of piperazine rings is 1. The molecular formula is C14H22N4O2S. The average molecular weight is 310 g/mol. The van der Waals surface area contributed by atoms with E-state index in [-0.39, 0.29) is 5.91 Å². The molecule has 21 heavy (non-hydrogen) atoms. The van der Waals surface area contributed by atoms with Gasteiger partial charge in [0.25, 0.3) is 5.91 Å². The number of carbonyl (C=O) groups excluding carboxylic acids is 1. The summed E-state index contributed by atoms with van der Waals surface area (Å²) in [4.78, 5) is 21.9. The number of aromatic nitrogens is 1. The van der Waals surface area contributed by atoms with Gasteiger partial charge >= 0.3 is 0 Å². The molecule has 0 atom stereocenters. The summed E-state index contributed by atoms with van der Waals surface area (Å²) < 4.78 is 5.34. The Morgan fingerprint density at radius 2 is 2.05 bits per heavy atom. The first-order valence-corrected chi connectivity index (χ1v) is 8.39. The van der Waals surface area contributed by atoms with Crippen molar-refractivity contribution in [1.82, 2.24) is 20.1 Å². The van der Waals surface area contributed by atoms with Crippen LogP contribution in [0.25, 0.3) is 0 Å². The maximum absolute atomic E-state index is 12.4. The summed E-state index contributed by atoms with van der Waals surface area (Å²) >= 11 is 1.54. The number of amides is 1. The van der Waals surface area contributed by atoms with Crippen LogP contribution in [-0.4, -0.2) is 79.7 Å². The Kier molecular flexibility index (Phi) is 5.18. The molecule has 0 aromatic carbocycles. The van der Waals surface area contributed by atoms with Gasteiger partial charge in [0, 0.05) is 52.2 Å². The van der Waals surface area contributed by atoms with Gasteiger partial charge in [-0.25, -0.2) is 4.98 Å². The Labute approximate surface area is 129 Å². The van der Waals surface area contributed by atoms with Crippen molar-refractivity contribution in [3.8, 4) is 0 Å². The molecule has 0 bridgehead atoms. The molecule has 0 saturated carbocycles. The fourth-order valence-corrected chi connectivity index (χ4v) is 3.50. The van der Waals surface area contributed by atoms with Gasteiger partial charge in [-0.05, 0) is 0 Å². The number of nitrogens with one attached hydrogen (secondary N) is 1. The van der Waals surface area contributed by atoms with Gasteiger partial charge in [-0.2, -0.15) is 0 Å². The topological polar surface area (TPSA) is 57.7 Å². The number of morpholine rings is 1. The third kappa shape index (κ3) is 4.00. The predicted octanol–water partition coefficient (Wildman–Crippen LogP) is 0.0632. The second-order valence-corrected chi connectivity index (χ2v) is 6.48. The molecule has 0 unspecified atom stereocenters. The van der Waals surface area contributed by atoms with E-state index in [1.165, 1.54) is 0 Å². The third-order valence-corrected chi connectivity index (χ3v) is 4.96. The van der Waals surface area contributed by atoms with Crippen LogP contribution in [0.5, 0.6) is 0 Å². The molecule has 2 aliphatic heterocycles. The first-order chi connectivity index (χ1) is 10.3. The molecule has 3 rings (SSSR count). The smallest absolute Gasteiger partial charge is 0.265 e. The zero-order valence-corrected chi connectivity index (χ0v) is 13.0. The number of ether oxygens (including phenoxy) is 1. The van der Waals surface area contributed by atoms with Crippen molar-refractivity contribution in [3.05, 3.63) is 16.1 Å². The van der Waals surface area contributed by atoms with Crippen molar-refractivity contribution in [3.63, 3.8) is 0 Å². The van der Waals surface area contributed by atoms with Crippen molar-refractivity contribution >= 4 is 17.2 Å². The zero-order valence-electron chi connectivity index (χ0n) is 12.2. The van der Waals surface area contributed by atoms with Crippen molar-refractivity contribution in [2.75, 3.05) is 59.0 Å². The van der Waals surface area contributed by atoms with Crippen molar-refractivity contribution in [2.45, 2.75) is 6.42 Å². The number of carbonyl (C=O) groups is 1. The summed E-state index contributed by atoms with van der Waals surface area (Å²) in [5, 5.41) is 4.32. The lowest BCUT2D eigenvalue weighted by Crippen LogP contribution is -2.46. The molecule has 6 nitrogen and oxygen atoms in total. The average Bonchev–Trinajstić information content (AvgIpc) is 3.03. The summed E-state index contributed by atoms with van der Waals surface area (Å²) in [6.07, 6.45) is 2.66. The molecule has 2 saturated heterocycles. The monoisotopic (exact) mass is 310 g/mol. The van der Waals surface area contributed by atoms with Crippen molar-refractivity contribution in [2.24, 2.45) is 0 Å². The van der Waals surface area contributed by atoms with E-state index in [1.807, 2.05) is 4.90 Å². The molecular weight excluding hydrogens is 288 g/mol. The lowest BCUT2D eigenvalue weighted by Gasteiger charge is -2.26. The Balaban J connectivity index is 1.51. The summed E-state index contributed by atoms with van der Waals surface area (Å²) in [6.45, 7) is 7.99. The quantitative estimate of drug-likeness (QED) is 0.852. The Hall–Kier alpha value is -1.02. The zero-order chi connectivity index (χ0) is 14.5. The number of hydrogen-bond donors (Lipinski definition) is 1. The number of thiazole rings is 1. The minimum atomic E-state index is 0.131. The van der Waals surface area contributed by atoms with Gasteiger partial charge in [-0.1, -0.05) is 0 Å². The lowest BCUT2D eigenvalue weighted by molar-refractivity contribution is 0.0384. The van der Waals surface area contributed by atoms with E-state index in [0.717, 1.165) is 75.3 Å². The minimum absolute atomic E-state index is 0.131. The van der Waals surface area contributed by atoms with Crippen LogP contribution in [0.4, 0.5) is 0 Å². The van der Waals surface area contributed by atoms with Crippen molar-refractivity contribution in [1.29, 1.82) is 0 Å². The van der Waals surface area contributed by atoms with Gasteiger partial charge in [0.05, 0.1) is 24.4 Å². The van der Waals surface area contributed by atoms with Gasteiger partial charge in [0.15, 0.2) is 0 Å². The number of rotatable bonds is 4. The molecule has 1 aromatic heterocycles. The van der Waals surface area contributed by atoms with Crippen LogP contribution in [0.2, 0.25) is 0 Å². The largest absolute Gasteiger partial charge is 0.379 e.